The number of halogens is 1. The molecule has 3 N–H and O–H groups in total. The van der Waals surface area contributed by atoms with Crippen molar-refractivity contribution in [3.63, 3.8) is 0 Å². The van der Waals surface area contributed by atoms with Crippen molar-refractivity contribution in [3.8, 4) is 0 Å². The molecule has 0 radical (unpaired) electrons. The van der Waals surface area contributed by atoms with Crippen LogP contribution in [0.4, 0.5) is 11.5 Å². The highest BCUT2D eigenvalue weighted by Crippen LogP contribution is 2.30. The van der Waals surface area contributed by atoms with E-state index in [0.29, 0.717) is 27.2 Å². The molecule has 0 saturated carbocycles. The summed E-state index contributed by atoms with van der Waals surface area (Å²) in [5, 5.41) is 3.98. The molecule has 4 rings (SSSR count). The van der Waals surface area contributed by atoms with Crippen LogP contribution in [0.15, 0.2) is 72.8 Å². The van der Waals surface area contributed by atoms with E-state index in [-0.39, 0.29) is 17.3 Å². The van der Waals surface area contributed by atoms with Crippen LogP contribution in [-0.4, -0.2) is 16.4 Å². The van der Waals surface area contributed by atoms with Gasteiger partial charge in [0.25, 0.3) is 11.8 Å². The average Bonchev–Trinajstić information content (AvgIpc) is 3.02. The molecule has 6 heteroatoms. The van der Waals surface area contributed by atoms with Gasteiger partial charge in [-0.15, -0.1) is 0 Å². The van der Waals surface area contributed by atoms with E-state index >= 15 is 0 Å². The molecule has 0 atom stereocenters. The second kappa shape index (κ2) is 7.45. The first-order chi connectivity index (χ1) is 14.0. The molecule has 0 aliphatic rings. The lowest BCUT2D eigenvalue weighted by atomic mass is 10.1. The van der Waals surface area contributed by atoms with Gasteiger partial charge in [-0.3, -0.25) is 14.2 Å². The number of amides is 1. The number of anilines is 2. The lowest BCUT2D eigenvalue weighted by Gasteiger charge is -2.08. The van der Waals surface area contributed by atoms with Crippen LogP contribution in [0.5, 0.6) is 0 Å². The molecule has 0 aliphatic carbocycles. The Kier molecular flexibility index (Phi) is 4.82. The fraction of sp³-hybridized carbons (Fsp3) is 0.0435. The van der Waals surface area contributed by atoms with Gasteiger partial charge in [0.1, 0.15) is 5.82 Å². The Hall–Kier alpha value is -3.57. The van der Waals surface area contributed by atoms with Crippen LogP contribution in [-0.2, 0) is 0 Å². The Labute approximate surface area is 172 Å². The summed E-state index contributed by atoms with van der Waals surface area (Å²) in [6, 6.07) is 21.2. The fourth-order valence-corrected chi connectivity index (χ4v) is 3.47. The normalized spacial score (nSPS) is 10.8. The van der Waals surface area contributed by atoms with Crippen LogP contribution in [0.1, 0.15) is 26.3 Å². The van der Waals surface area contributed by atoms with E-state index < -0.39 is 5.91 Å². The van der Waals surface area contributed by atoms with Gasteiger partial charge in [0, 0.05) is 21.7 Å². The highest BCUT2D eigenvalue weighted by atomic mass is 35.5. The number of aromatic nitrogens is 1. The molecule has 0 saturated heterocycles. The van der Waals surface area contributed by atoms with E-state index in [0.717, 1.165) is 5.56 Å². The van der Waals surface area contributed by atoms with Gasteiger partial charge < -0.3 is 11.1 Å². The number of nitrogens with two attached hydrogens (primary N) is 1. The van der Waals surface area contributed by atoms with E-state index in [1.54, 1.807) is 60.7 Å². The SMILES string of the molecule is Cc1ccc(NC(=O)c2c(N)n(C(=O)c3ccccc3)c3ccccc23)cc1Cl. The highest BCUT2D eigenvalue weighted by Gasteiger charge is 2.24. The zero-order valence-electron chi connectivity index (χ0n) is 15.6. The molecule has 0 fully saturated rings. The van der Waals surface area contributed by atoms with Gasteiger partial charge in [0.2, 0.25) is 0 Å². The number of nitrogen functional groups attached to an aromatic ring is 1. The summed E-state index contributed by atoms with van der Waals surface area (Å²) in [4.78, 5) is 26.2. The maximum atomic E-state index is 13.1. The number of fused-ring (bicyclic) bond motifs is 1. The van der Waals surface area contributed by atoms with Crippen LogP contribution in [0.2, 0.25) is 5.02 Å². The van der Waals surface area contributed by atoms with Crippen LogP contribution in [0, 0.1) is 6.92 Å². The first kappa shape index (κ1) is 18.8. The molecule has 144 valence electrons. The van der Waals surface area contributed by atoms with Crippen LogP contribution in [0.25, 0.3) is 10.9 Å². The predicted octanol–water partition coefficient (Wildman–Crippen LogP) is 5.13. The summed E-state index contributed by atoms with van der Waals surface area (Å²) >= 11 is 6.16. The Bertz CT molecular complexity index is 1250. The number of hydrogen-bond acceptors (Lipinski definition) is 3. The monoisotopic (exact) mass is 403 g/mol. The minimum Gasteiger partial charge on any atom is -0.384 e. The van der Waals surface area contributed by atoms with Gasteiger partial charge in [-0.1, -0.05) is 54.1 Å². The van der Waals surface area contributed by atoms with E-state index in [4.69, 9.17) is 17.3 Å². The summed E-state index contributed by atoms with van der Waals surface area (Å²) in [7, 11) is 0. The molecule has 0 unspecified atom stereocenters. The third-order valence-corrected chi connectivity index (χ3v) is 5.20. The third-order valence-electron chi connectivity index (χ3n) is 4.79. The van der Waals surface area contributed by atoms with E-state index in [1.807, 2.05) is 19.1 Å². The molecule has 1 heterocycles. The minimum atomic E-state index is -0.404. The standard InChI is InChI=1S/C23H18ClN3O2/c1-14-11-12-16(13-18(14)24)26-22(28)20-17-9-5-6-10-19(17)27(21(20)25)23(29)15-7-3-2-4-8-15/h2-13H,25H2,1H3,(H,26,28). The summed E-state index contributed by atoms with van der Waals surface area (Å²) in [6.45, 7) is 1.88. The van der Waals surface area contributed by atoms with Gasteiger partial charge in [-0.05, 0) is 42.8 Å². The lowest BCUT2D eigenvalue weighted by molar-refractivity contribution is 0.0967. The number of para-hydroxylation sites is 1. The van der Waals surface area contributed by atoms with Gasteiger partial charge in [0.15, 0.2) is 0 Å². The van der Waals surface area contributed by atoms with Gasteiger partial charge in [-0.25, -0.2) is 0 Å². The molecule has 1 amide bonds. The second-order valence-electron chi connectivity index (χ2n) is 6.70. The fourth-order valence-electron chi connectivity index (χ4n) is 3.29. The maximum absolute atomic E-state index is 13.1. The Morgan fingerprint density at radius 1 is 0.966 bits per heavy atom. The first-order valence-electron chi connectivity index (χ1n) is 9.03. The zero-order chi connectivity index (χ0) is 20.5. The number of nitrogens with one attached hydrogen (secondary N) is 1. The topological polar surface area (TPSA) is 77.1 Å². The molecule has 29 heavy (non-hydrogen) atoms. The van der Waals surface area contributed by atoms with Crippen molar-refractivity contribution < 1.29 is 9.59 Å². The molecule has 4 aromatic rings. The predicted molar refractivity (Wildman–Crippen MR) is 117 cm³/mol. The summed E-state index contributed by atoms with van der Waals surface area (Å²) < 4.78 is 1.38. The maximum Gasteiger partial charge on any atom is 0.263 e. The lowest BCUT2D eigenvalue weighted by Crippen LogP contribution is -2.17. The van der Waals surface area contributed by atoms with Crippen molar-refractivity contribution in [2.24, 2.45) is 0 Å². The van der Waals surface area contributed by atoms with Crippen molar-refractivity contribution in [3.05, 3.63) is 94.5 Å². The van der Waals surface area contributed by atoms with Crippen LogP contribution < -0.4 is 11.1 Å². The molecular formula is C23H18ClN3O2. The van der Waals surface area contributed by atoms with Crippen molar-refractivity contribution in [1.29, 1.82) is 0 Å². The average molecular weight is 404 g/mol. The van der Waals surface area contributed by atoms with E-state index in [1.165, 1.54) is 4.57 Å². The molecule has 0 spiro atoms. The van der Waals surface area contributed by atoms with Crippen molar-refractivity contribution >= 4 is 45.8 Å². The molecule has 3 aromatic carbocycles. The molecule has 1 aromatic heterocycles. The van der Waals surface area contributed by atoms with Crippen LogP contribution >= 0.6 is 11.6 Å². The summed E-state index contributed by atoms with van der Waals surface area (Å²) in [5.41, 5.74) is 9.09. The Balaban J connectivity index is 1.81. The van der Waals surface area contributed by atoms with Gasteiger partial charge >= 0.3 is 0 Å². The quantitative estimate of drug-likeness (QED) is 0.498. The number of hydrogen-bond donors (Lipinski definition) is 2. The molecular weight excluding hydrogens is 386 g/mol. The number of aryl methyl sites for hydroxylation is 1. The Morgan fingerprint density at radius 3 is 2.38 bits per heavy atom. The molecule has 0 aliphatic heterocycles. The van der Waals surface area contributed by atoms with Crippen LogP contribution in [0.3, 0.4) is 0 Å². The zero-order valence-corrected chi connectivity index (χ0v) is 16.4. The van der Waals surface area contributed by atoms with Crippen molar-refractivity contribution in [2.45, 2.75) is 6.92 Å². The third kappa shape index (κ3) is 3.37. The number of nitrogens with zero attached hydrogens (tertiary/aromatic N) is 1. The second-order valence-corrected chi connectivity index (χ2v) is 7.11. The highest BCUT2D eigenvalue weighted by molar-refractivity contribution is 6.31. The number of rotatable bonds is 3. The largest absolute Gasteiger partial charge is 0.384 e. The van der Waals surface area contributed by atoms with E-state index in [9.17, 15) is 9.59 Å². The Morgan fingerprint density at radius 2 is 1.66 bits per heavy atom. The number of benzene rings is 3. The summed E-state index contributed by atoms with van der Waals surface area (Å²) in [6.07, 6.45) is 0. The summed E-state index contributed by atoms with van der Waals surface area (Å²) in [5.74, 6) is -0.606. The number of carbonyl (C=O) groups excluding carboxylic acids is 2. The van der Waals surface area contributed by atoms with Gasteiger partial charge in [0.05, 0.1) is 11.1 Å². The molecule has 5 nitrogen and oxygen atoms in total. The van der Waals surface area contributed by atoms with Crippen molar-refractivity contribution in [2.75, 3.05) is 11.1 Å². The minimum absolute atomic E-state index is 0.0933. The van der Waals surface area contributed by atoms with Crippen molar-refractivity contribution in [1.82, 2.24) is 4.57 Å². The van der Waals surface area contributed by atoms with E-state index in [2.05, 4.69) is 5.32 Å². The number of carbonyl (C=O) groups is 2. The van der Waals surface area contributed by atoms with Gasteiger partial charge in [-0.2, -0.15) is 0 Å². The smallest absolute Gasteiger partial charge is 0.263 e. The first-order valence-corrected chi connectivity index (χ1v) is 9.41. The molecule has 0 bridgehead atoms.